The minimum Gasteiger partial charge on any atom is -0.355 e. The van der Waals surface area contributed by atoms with E-state index in [1.807, 2.05) is 90.4 Å². The molecule has 8 aromatic heterocycles. The Labute approximate surface area is 689 Å². The number of carbonyl (C=O) groups excluding carboxylic acids is 2. The zero-order valence-corrected chi connectivity index (χ0v) is 70.2. The SMILES string of the molecule is C=C(Nc1nc2cc(C)c(C)cc2[nH]1)N1CCN(c2ncccc2Cl)CC1.C=C(Nc1nc2ccc(C(C)(C)C)cc2[nH]1)N1CCN(c2ncccc2Cl)CC1.CC(C)Cc1ccc2nc(NC(=O)N3CCN(c4ncccc4Cl)C[C@H]3C)sc2c1.Cc1cc2nc(NC(=O)N3CCN(c4ncccc4Cl)C[C@H]3C)[nH]c2cc1C. The van der Waals surface area contributed by atoms with Crippen molar-refractivity contribution in [2.45, 2.75) is 100 Å². The number of fused-ring (bicyclic) bond motifs is 4. The Hall–Kier alpha value is -10.6. The van der Waals surface area contributed by atoms with Crippen LogP contribution in [0.25, 0.3) is 43.3 Å². The molecule has 596 valence electrons. The lowest BCUT2D eigenvalue weighted by molar-refractivity contribution is 0.184. The number of imidazole rings is 3. The average Bonchev–Trinajstić information content (AvgIpc) is 1.53. The summed E-state index contributed by atoms with van der Waals surface area (Å²) in [6, 6.07) is 35.6. The van der Waals surface area contributed by atoms with Gasteiger partial charge < -0.3 is 64.8 Å². The summed E-state index contributed by atoms with van der Waals surface area (Å²) in [6.45, 7) is 42.5. The van der Waals surface area contributed by atoms with E-state index in [1.54, 1.807) is 24.8 Å². The van der Waals surface area contributed by atoms with E-state index in [0.29, 0.717) is 82.3 Å². The number of nitrogens with one attached hydrogen (secondary N) is 7. The summed E-state index contributed by atoms with van der Waals surface area (Å²) in [7, 11) is 0. The number of amides is 4. The number of H-pyrrole nitrogens is 3. The molecule has 12 aromatic rings. The van der Waals surface area contributed by atoms with E-state index in [0.717, 1.165) is 143 Å². The van der Waals surface area contributed by atoms with Crippen molar-refractivity contribution in [3.05, 3.63) is 212 Å². The molecule has 4 fully saturated rings. The summed E-state index contributed by atoms with van der Waals surface area (Å²) in [6.07, 6.45) is 8.07. The molecule has 16 rings (SSSR count). The summed E-state index contributed by atoms with van der Waals surface area (Å²) < 4.78 is 1.10. The molecule has 30 heteroatoms. The van der Waals surface area contributed by atoms with Gasteiger partial charge in [-0.15, -0.1) is 0 Å². The van der Waals surface area contributed by atoms with Crippen LogP contribution in [0.4, 0.5) is 55.8 Å². The van der Waals surface area contributed by atoms with Gasteiger partial charge in [-0.05, 0) is 190 Å². The Morgan fingerprint density at radius 3 is 1.28 bits per heavy atom. The predicted octanol–water partition coefficient (Wildman–Crippen LogP) is 17.8. The Kier molecular flexibility index (Phi) is 25.6. The number of benzene rings is 4. The second-order valence-electron chi connectivity index (χ2n) is 30.7. The summed E-state index contributed by atoms with van der Waals surface area (Å²) in [5.74, 6) is 7.42. The highest BCUT2D eigenvalue weighted by molar-refractivity contribution is 7.22. The highest BCUT2D eigenvalue weighted by atomic mass is 35.5. The maximum absolute atomic E-state index is 12.9. The number of hydrogen-bond acceptors (Lipinski definition) is 19. The fraction of sp³-hybridized carbons (Fsp3) is 0.357. The molecule has 4 aromatic carbocycles. The fourth-order valence-electron chi connectivity index (χ4n) is 14.3. The lowest BCUT2D eigenvalue weighted by Crippen LogP contribution is -2.55. The van der Waals surface area contributed by atoms with Gasteiger partial charge in [-0.3, -0.25) is 10.6 Å². The van der Waals surface area contributed by atoms with Gasteiger partial charge in [-0.25, -0.2) is 49.5 Å². The molecule has 2 atom stereocenters. The number of urea groups is 2. The van der Waals surface area contributed by atoms with Crippen molar-refractivity contribution in [3.8, 4) is 0 Å². The molecular formula is C84H99Cl4N23O2S. The minimum atomic E-state index is -0.160. The number of piperazine rings is 4. The van der Waals surface area contributed by atoms with E-state index in [4.69, 9.17) is 46.4 Å². The van der Waals surface area contributed by atoms with Gasteiger partial charge >= 0.3 is 12.1 Å². The molecule has 0 radical (unpaired) electrons. The molecule has 4 aliphatic rings. The van der Waals surface area contributed by atoms with Crippen molar-refractivity contribution in [3.63, 3.8) is 0 Å². The van der Waals surface area contributed by atoms with Crippen LogP contribution in [0.3, 0.4) is 0 Å². The highest BCUT2D eigenvalue weighted by Crippen LogP contribution is 2.34. The van der Waals surface area contributed by atoms with Gasteiger partial charge in [0, 0.05) is 128 Å². The molecule has 4 saturated heterocycles. The van der Waals surface area contributed by atoms with Crippen LogP contribution in [0.2, 0.25) is 20.1 Å². The number of anilines is 8. The van der Waals surface area contributed by atoms with E-state index >= 15 is 0 Å². The molecule has 0 bridgehead atoms. The second-order valence-corrected chi connectivity index (χ2v) is 33.4. The molecule has 0 unspecified atom stereocenters. The first-order valence-electron chi connectivity index (χ1n) is 38.5. The third kappa shape index (κ3) is 19.7. The first kappa shape index (κ1) is 81.4. The number of aryl methyl sites for hydroxylation is 4. The van der Waals surface area contributed by atoms with Gasteiger partial charge in [0.05, 0.1) is 63.4 Å². The van der Waals surface area contributed by atoms with Gasteiger partial charge in [0.15, 0.2) is 5.13 Å². The first-order chi connectivity index (χ1) is 54.6. The molecule has 12 heterocycles. The van der Waals surface area contributed by atoms with E-state index in [2.05, 4.69) is 223 Å². The number of aromatic amines is 3. The maximum atomic E-state index is 12.9. The maximum Gasteiger partial charge on any atom is 0.324 e. The molecule has 0 aliphatic carbocycles. The van der Waals surface area contributed by atoms with E-state index in [9.17, 15) is 9.59 Å². The molecule has 7 N–H and O–H groups in total. The molecule has 0 saturated carbocycles. The Morgan fingerprint density at radius 1 is 0.474 bits per heavy atom. The Balaban J connectivity index is 0.000000133. The number of pyridine rings is 4. The summed E-state index contributed by atoms with van der Waals surface area (Å²) in [4.78, 5) is 88.3. The van der Waals surface area contributed by atoms with Gasteiger partial charge in [0.25, 0.3) is 0 Å². The van der Waals surface area contributed by atoms with Crippen LogP contribution in [0.5, 0.6) is 0 Å². The fourth-order valence-corrected chi connectivity index (χ4v) is 16.2. The monoisotopic (exact) mass is 1630 g/mol. The van der Waals surface area contributed by atoms with Crippen LogP contribution in [0.1, 0.15) is 81.8 Å². The molecular weight excluding hydrogens is 1540 g/mol. The number of rotatable bonds is 14. The zero-order valence-electron chi connectivity index (χ0n) is 66.3. The standard InChI is InChI=1S/C22H27ClN6.C22H26ClN5OS.C20H23ClN6O.C20H23ClN6/c1-15(28-10-12-29(13-11-28)20-17(23)6-5-9-24-20)25-21-26-18-8-7-16(22(2,3)4)14-19(18)27-21;1-14(2)11-16-6-7-18-19(12-16)30-21(25-18)26-22(29)28-10-9-27(13-15(28)3)20-17(23)5-4-8-24-20;1-12-9-16-17(10-13(12)2)24-19(23-16)25-20(28)27-8-7-26(11-14(27)3)18-15(21)5-4-6-22-18;1-13-11-17-18(12-14(13)2)25-20(24-17)23-15(3)26-7-9-27(10-8-26)19-16(21)5-4-6-22-19/h5-9,14H,1,10-13H2,2-4H3,(H2,25,26,27);4-8,12,14-15H,9-11,13H2,1-3H3,(H,25,26,29);4-6,9-10,14H,7-8,11H2,1-3H3,(H2,23,24,25,28);4-6,11-12H,3,7-10H2,1-2H3,(H2,23,24,25)/t;15-;14-;/m.11./s1. The quantitative estimate of drug-likeness (QED) is 0.0534. The average molecular weight is 1640 g/mol. The summed E-state index contributed by atoms with van der Waals surface area (Å²) in [5.41, 5.74) is 14.2. The predicted molar refractivity (Wildman–Crippen MR) is 469 cm³/mol. The van der Waals surface area contributed by atoms with Crippen LogP contribution in [0, 0.1) is 33.6 Å². The number of nitrogens with zero attached hydrogens (tertiary/aromatic N) is 16. The molecule has 4 aliphatic heterocycles. The normalized spacial score (nSPS) is 16.0. The van der Waals surface area contributed by atoms with Gasteiger partial charge in [-0.2, -0.15) is 0 Å². The van der Waals surface area contributed by atoms with Crippen molar-refractivity contribution in [1.29, 1.82) is 0 Å². The Bertz CT molecular complexity index is 5350. The Morgan fingerprint density at radius 2 is 0.860 bits per heavy atom. The number of aromatic nitrogens is 11. The molecule has 114 heavy (non-hydrogen) atoms. The minimum absolute atomic E-state index is 0.0145. The summed E-state index contributed by atoms with van der Waals surface area (Å²) >= 11 is 26.6. The van der Waals surface area contributed by atoms with Crippen molar-refractivity contribution < 1.29 is 9.59 Å². The number of carbonyl (C=O) groups is 2. The van der Waals surface area contributed by atoms with Gasteiger partial charge in [0.2, 0.25) is 17.8 Å². The van der Waals surface area contributed by atoms with Crippen molar-refractivity contribution in [2.24, 2.45) is 5.92 Å². The van der Waals surface area contributed by atoms with Crippen molar-refractivity contribution in [1.82, 2.24) is 74.4 Å². The summed E-state index contributed by atoms with van der Waals surface area (Å²) in [5, 5.41) is 15.8. The van der Waals surface area contributed by atoms with Crippen LogP contribution in [-0.4, -0.2) is 190 Å². The third-order valence-corrected chi connectivity index (χ3v) is 23.0. The van der Waals surface area contributed by atoms with Crippen molar-refractivity contribution >= 4 is 159 Å². The zero-order chi connectivity index (χ0) is 80.6. The van der Waals surface area contributed by atoms with Crippen LogP contribution < -0.4 is 40.9 Å². The van der Waals surface area contributed by atoms with Gasteiger partial charge in [0.1, 0.15) is 34.9 Å². The first-order valence-corrected chi connectivity index (χ1v) is 40.8. The molecule has 4 amide bonds. The lowest BCUT2D eigenvalue weighted by atomic mass is 9.87. The smallest absolute Gasteiger partial charge is 0.324 e. The van der Waals surface area contributed by atoms with Crippen LogP contribution in [0.15, 0.2) is 159 Å². The van der Waals surface area contributed by atoms with Gasteiger partial charge in [-0.1, -0.05) is 118 Å². The molecule has 0 spiro atoms. The molecule has 25 nitrogen and oxygen atoms in total. The van der Waals surface area contributed by atoms with E-state index in [1.165, 1.54) is 44.7 Å². The van der Waals surface area contributed by atoms with E-state index < -0.39 is 0 Å². The van der Waals surface area contributed by atoms with Crippen LogP contribution >= 0.6 is 57.7 Å². The highest BCUT2D eigenvalue weighted by Gasteiger charge is 2.32. The van der Waals surface area contributed by atoms with E-state index in [-0.39, 0.29) is 29.6 Å². The largest absolute Gasteiger partial charge is 0.355 e. The number of hydrogen-bond donors (Lipinski definition) is 7. The third-order valence-electron chi connectivity index (χ3n) is 20.9. The van der Waals surface area contributed by atoms with Crippen molar-refractivity contribution in [2.75, 3.05) is 132 Å². The lowest BCUT2D eigenvalue weighted by Gasteiger charge is -2.40. The topological polar surface area (TPSA) is 259 Å². The second kappa shape index (κ2) is 35.8. The number of halogens is 4. The van der Waals surface area contributed by atoms with Crippen LogP contribution in [-0.2, 0) is 11.8 Å². The number of thiazole rings is 1.